The summed E-state index contributed by atoms with van der Waals surface area (Å²) in [5, 5.41) is 11.6. The Morgan fingerprint density at radius 2 is 2.17 bits per heavy atom. The minimum atomic E-state index is -0.336. The molecule has 0 aliphatic rings. The second-order valence-electron chi connectivity index (χ2n) is 4.18. The van der Waals surface area contributed by atoms with Gasteiger partial charge < -0.3 is 9.30 Å². The number of benzene rings is 1. The molecule has 1 heterocycles. The van der Waals surface area contributed by atoms with Crippen LogP contribution in [-0.4, -0.2) is 23.2 Å². The molecule has 1 aromatic carbocycles. The molecule has 5 heteroatoms. The second kappa shape index (κ2) is 5.64. The van der Waals surface area contributed by atoms with E-state index in [1.807, 2.05) is 18.3 Å². The summed E-state index contributed by atoms with van der Waals surface area (Å²) in [6, 6.07) is 6.99. The van der Waals surface area contributed by atoms with E-state index in [0.717, 1.165) is 31.5 Å². The van der Waals surface area contributed by atoms with Gasteiger partial charge in [0, 0.05) is 32.5 Å². The predicted octanol–water partition coefficient (Wildman–Crippen LogP) is 2.98. The predicted molar refractivity (Wildman–Crippen MR) is 69.7 cm³/mol. The van der Waals surface area contributed by atoms with Crippen molar-refractivity contribution in [1.29, 1.82) is 0 Å². The second-order valence-corrected chi connectivity index (χ2v) is 4.18. The smallest absolute Gasteiger partial charge is 0.278 e. The molecule has 0 radical (unpaired) electrons. The molecule has 0 fully saturated rings. The molecule has 18 heavy (non-hydrogen) atoms. The maximum atomic E-state index is 10.9. The first-order chi connectivity index (χ1) is 8.74. The minimum Gasteiger partial charge on any atom is -0.385 e. The van der Waals surface area contributed by atoms with Gasteiger partial charge >= 0.3 is 0 Å². The van der Waals surface area contributed by atoms with E-state index >= 15 is 0 Å². The van der Waals surface area contributed by atoms with Crippen LogP contribution in [-0.2, 0) is 11.3 Å². The van der Waals surface area contributed by atoms with Crippen LogP contribution in [0.1, 0.15) is 12.8 Å². The van der Waals surface area contributed by atoms with E-state index in [-0.39, 0.29) is 10.6 Å². The number of aromatic nitrogens is 1. The van der Waals surface area contributed by atoms with Crippen molar-refractivity contribution in [2.75, 3.05) is 13.7 Å². The molecule has 0 bridgehead atoms. The topological polar surface area (TPSA) is 57.3 Å². The third kappa shape index (κ3) is 2.51. The summed E-state index contributed by atoms with van der Waals surface area (Å²) in [5.74, 6) is 0. The largest absolute Gasteiger partial charge is 0.385 e. The van der Waals surface area contributed by atoms with Crippen molar-refractivity contribution in [1.82, 2.24) is 4.57 Å². The number of fused-ring (bicyclic) bond motifs is 1. The van der Waals surface area contributed by atoms with Crippen molar-refractivity contribution >= 4 is 16.6 Å². The zero-order valence-electron chi connectivity index (χ0n) is 10.3. The lowest BCUT2D eigenvalue weighted by Crippen LogP contribution is -1.98. The van der Waals surface area contributed by atoms with Gasteiger partial charge in [-0.2, -0.15) is 0 Å². The Hall–Kier alpha value is -1.88. The third-order valence-electron chi connectivity index (χ3n) is 2.98. The van der Waals surface area contributed by atoms with Gasteiger partial charge in [0.2, 0.25) is 0 Å². The van der Waals surface area contributed by atoms with Crippen LogP contribution in [0.25, 0.3) is 10.9 Å². The SMILES string of the molecule is COCCCCn1ccc2c([N+](=O)[O-])cccc21. The van der Waals surface area contributed by atoms with Gasteiger partial charge in [-0.1, -0.05) is 6.07 Å². The normalized spacial score (nSPS) is 10.9. The van der Waals surface area contributed by atoms with Crippen molar-refractivity contribution in [2.45, 2.75) is 19.4 Å². The van der Waals surface area contributed by atoms with Crippen LogP contribution in [0.5, 0.6) is 0 Å². The van der Waals surface area contributed by atoms with Crippen LogP contribution in [0.4, 0.5) is 5.69 Å². The Morgan fingerprint density at radius 1 is 1.33 bits per heavy atom. The van der Waals surface area contributed by atoms with Crippen molar-refractivity contribution < 1.29 is 9.66 Å². The number of hydrogen-bond donors (Lipinski definition) is 0. The number of nitro benzene ring substituents is 1. The fraction of sp³-hybridized carbons (Fsp3) is 0.385. The van der Waals surface area contributed by atoms with E-state index in [1.165, 1.54) is 6.07 Å². The summed E-state index contributed by atoms with van der Waals surface area (Å²) in [4.78, 5) is 10.6. The quantitative estimate of drug-likeness (QED) is 0.448. The molecule has 1 aromatic heterocycles. The van der Waals surface area contributed by atoms with Crippen LogP contribution in [0, 0.1) is 10.1 Å². The van der Waals surface area contributed by atoms with Gasteiger partial charge in [-0.3, -0.25) is 10.1 Å². The molecule has 0 saturated carbocycles. The number of non-ortho nitro benzene ring substituents is 1. The summed E-state index contributed by atoms with van der Waals surface area (Å²) >= 11 is 0. The highest BCUT2D eigenvalue weighted by Crippen LogP contribution is 2.26. The molecule has 5 nitrogen and oxygen atoms in total. The molecule has 0 atom stereocenters. The van der Waals surface area contributed by atoms with E-state index in [0.29, 0.717) is 5.39 Å². The molecule has 96 valence electrons. The summed E-state index contributed by atoms with van der Waals surface area (Å²) in [5.41, 5.74) is 1.09. The Labute approximate surface area is 105 Å². The number of hydrogen-bond acceptors (Lipinski definition) is 3. The summed E-state index contributed by atoms with van der Waals surface area (Å²) in [7, 11) is 1.69. The first-order valence-corrected chi connectivity index (χ1v) is 5.95. The Morgan fingerprint density at radius 3 is 2.89 bits per heavy atom. The fourth-order valence-electron chi connectivity index (χ4n) is 2.09. The molecule has 0 unspecified atom stereocenters. The van der Waals surface area contributed by atoms with E-state index < -0.39 is 0 Å². The maximum absolute atomic E-state index is 10.9. The van der Waals surface area contributed by atoms with Gasteiger partial charge in [0.05, 0.1) is 15.8 Å². The first-order valence-electron chi connectivity index (χ1n) is 5.95. The molecule has 0 spiro atoms. The van der Waals surface area contributed by atoms with E-state index in [1.54, 1.807) is 13.2 Å². The first kappa shape index (κ1) is 12.6. The van der Waals surface area contributed by atoms with Gasteiger partial charge in [0.25, 0.3) is 5.69 Å². The Kier molecular flexibility index (Phi) is 3.94. The lowest BCUT2D eigenvalue weighted by molar-refractivity contribution is -0.383. The lowest BCUT2D eigenvalue weighted by Gasteiger charge is -2.05. The number of rotatable bonds is 6. The van der Waals surface area contributed by atoms with E-state index in [2.05, 4.69) is 4.57 Å². The highest BCUT2D eigenvalue weighted by atomic mass is 16.6. The standard InChI is InChI=1S/C13H16N2O3/c1-18-10-3-2-8-14-9-7-11-12(14)5-4-6-13(11)15(16)17/h4-7,9H,2-3,8,10H2,1H3. The fourth-order valence-corrected chi connectivity index (χ4v) is 2.09. The highest BCUT2D eigenvalue weighted by Gasteiger charge is 2.13. The van der Waals surface area contributed by atoms with Crippen LogP contribution < -0.4 is 0 Å². The van der Waals surface area contributed by atoms with Crippen LogP contribution in [0.2, 0.25) is 0 Å². The van der Waals surface area contributed by atoms with Crippen molar-refractivity contribution in [3.05, 3.63) is 40.6 Å². The number of unbranched alkanes of at least 4 members (excludes halogenated alkanes) is 1. The van der Waals surface area contributed by atoms with Gasteiger partial charge in [-0.05, 0) is 25.0 Å². The van der Waals surface area contributed by atoms with Gasteiger partial charge in [-0.25, -0.2) is 0 Å². The van der Waals surface area contributed by atoms with Crippen LogP contribution in [0.3, 0.4) is 0 Å². The average molecular weight is 248 g/mol. The van der Waals surface area contributed by atoms with Crippen LogP contribution in [0.15, 0.2) is 30.5 Å². The minimum absolute atomic E-state index is 0.170. The summed E-state index contributed by atoms with van der Waals surface area (Å²) in [6.07, 6.45) is 3.90. The Bertz CT molecular complexity index is 548. The third-order valence-corrected chi connectivity index (χ3v) is 2.98. The average Bonchev–Trinajstić information content (AvgIpc) is 2.77. The van der Waals surface area contributed by atoms with Crippen molar-refractivity contribution in [3.8, 4) is 0 Å². The monoisotopic (exact) mass is 248 g/mol. The lowest BCUT2D eigenvalue weighted by atomic mass is 10.2. The van der Waals surface area contributed by atoms with Crippen molar-refractivity contribution in [3.63, 3.8) is 0 Å². The molecule has 0 aliphatic carbocycles. The molecule has 2 rings (SSSR count). The molecular weight excluding hydrogens is 232 g/mol. The van der Waals surface area contributed by atoms with E-state index in [9.17, 15) is 10.1 Å². The number of nitrogens with zero attached hydrogens (tertiary/aromatic N) is 2. The molecule has 0 amide bonds. The maximum Gasteiger partial charge on any atom is 0.278 e. The van der Waals surface area contributed by atoms with Gasteiger partial charge in [-0.15, -0.1) is 0 Å². The van der Waals surface area contributed by atoms with Gasteiger partial charge in [0.15, 0.2) is 0 Å². The summed E-state index contributed by atoms with van der Waals surface area (Å²) < 4.78 is 7.05. The molecular formula is C13H16N2O3. The number of methoxy groups -OCH3 is 1. The molecule has 0 N–H and O–H groups in total. The molecule has 0 aliphatic heterocycles. The molecule has 2 aromatic rings. The Balaban J connectivity index is 2.20. The van der Waals surface area contributed by atoms with Crippen LogP contribution >= 0.6 is 0 Å². The summed E-state index contributed by atoms with van der Waals surface area (Å²) in [6.45, 7) is 1.60. The number of nitro groups is 1. The van der Waals surface area contributed by atoms with Crippen molar-refractivity contribution in [2.24, 2.45) is 0 Å². The van der Waals surface area contributed by atoms with E-state index in [4.69, 9.17) is 4.74 Å². The molecule has 0 saturated heterocycles. The van der Waals surface area contributed by atoms with Gasteiger partial charge in [0.1, 0.15) is 0 Å². The number of aryl methyl sites for hydroxylation is 1. The zero-order valence-corrected chi connectivity index (χ0v) is 10.3. The number of ether oxygens (including phenoxy) is 1. The zero-order chi connectivity index (χ0) is 13.0. The highest BCUT2D eigenvalue weighted by molar-refractivity contribution is 5.89.